The van der Waals surface area contributed by atoms with Gasteiger partial charge in [0, 0.05) is 35.5 Å². The average Bonchev–Trinajstić information content (AvgIpc) is 2.39. The normalized spacial score (nSPS) is 16.7. The van der Waals surface area contributed by atoms with E-state index in [1.165, 1.54) is 16.7 Å². The van der Waals surface area contributed by atoms with Crippen LogP contribution in [0.15, 0.2) is 24.3 Å². The van der Waals surface area contributed by atoms with Crippen molar-refractivity contribution in [2.45, 2.75) is 52.6 Å². The fourth-order valence-corrected chi connectivity index (χ4v) is 2.97. The first-order valence-electron chi connectivity index (χ1n) is 7.71. The summed E-state index contributed by atoms with van der Waals surface area (Å²) in [4.78, 5) is 9.56. The zero-order chi connectivity index (χ0) is 15.0. The summed E-state index contributed by atoms with van der Waals surface area (Å²) in [6.07, 6.45) is 1.07. The molecule has 0 saturated heterocycles. The number of benzene rings is 1. The molecule has 0 spiro atoms. The molecule has 3 nitrogen and oxygen atoms in total. The van der Waals surface area contributed by atoms with Crippen LogP contribution in [0, 0.1) is 13.8 Å². The molecule has 0 bridgehead atoms. The van der Waals surface area contributed by atoms with Gasteiger partial charge in [0.2, 0.25) is 0 Å². The summed E-state index contributed by atoms with van der Waals surface area (Å²) in [5, 5.41) is 3.46. The summed E-state index contributed by atoms with van der Waals surface area (Å²) < 4.78 is 0. The maximum atomic E-state index is 4.78. The second-order valence-electron chi connectivity index (χ2n) is 6.22. The van der Waals surface area contributed by atoms with E-state index in [2.05, 4.69) is 57.3 Å². The van der Waals surface area contributed by atoms with Gasteiger partial charge < -0.3 is 5.32 Å². The van der Waals surface area contributed by atoms with Crippen molar-refractivity contribution in [1.29, 1.82) is 0 Å². The smallest absolute Gasteiger partial charge is 0.136 e. The van der Waals surface area contributed by atoms with E-state index >= 15 is 0 Å². The van der Waals surface area contributed by atoms with Gasteiger partial charge in [0.25, 0.3) is 0 Å². The molecule has 1 atom stereocenters. The Morgan fingerprint density at radius 3 is 2.43 bits per heavy atom. The summed E-state index contributed by atoms with van der Waals surface area (Å²) in [5.74, 6) is 1.36. The minimum Gasteiger partial charge on any atom is -0.310 e. The Morgan fingerprint density at radius 1 is 1.14 bits per heavy atom. The lowest BCUT2D eigenvalue weighted by Crippen LogP contribution is -2.25. The summed E-state index contributed by atoms with van der Waals surface area (Å²) in [6, 6.07) is 9.08. The molecule has 1 unspecified atom stereocenters. The summed E-state index contributed by atoms with van der Waals surface area (Å²) in [6.45, 7) is 9.35. The Kier molecular flexibility index (Phi) is 3.77. The largest absolute Gasteiger partial charge is 0.310 e. The molecule has 1 aliphatic rings. The fourth-order valence-electron chi connectivity index (χ4n) is 2.97. The number of rotatable bonds is 4. The van der Waals surface area contributed by atoms with Gasteiger partial charge in [-0.05, 0) is 31.4 Å². The van der Waals surface area contributed by atoms with Gasteiger partial charge in [-0.25, -0.2) is 9.97 Å². The number of hydrogen-bond donors (Lipinski definition) is 1. The second kappa shape index (κ2) is 5.57. The first-order valence-corrected chi connectivity index (χ1v) is 7.71. The molecule has 0 aliphatic heterocycles. The first-order chi connectivity index (χ1) is 10.1. The Balaban J connectivity index is 1.86. The number of aromatic nitrogens is 2. The van der Waals surface area contributed by atoms with Gasteiger partial charge in [0.15, 0.2) is 0 Å². The van der Waals surface area contributed by atoms with Crippen LogP contribution in [0.4, 0.5) is 0 Å². The summed E-state index contributed by atoms with van der Waals surface area (Å²) >= 11 is 0. The molecular formula is C18H23N3. The standard InChI is InChI=1S/C18H23N3/c1-11(2)19-10-17-12(3)20-18(21-13(17)4)16-9-14-7-5-6-8-15(14)16/h5-8,11,16,19H,9-10H2,1-4H3. The van der Waals surface area contributed by atoms with Crippen molar-refractivity contribution >= 4 is 0 Å². The Bertz CT molecular complexity index is 638. The van der Waals surface area contributed by atoms with E-state index in [0.717, 1.165) is 30.2 Å². The van der Waals surface area contributed by atoms with Gasteiger partial charge in [-0.1, -0.05) is 38.1 Å². The highest BCUT2D eigenvalue weighted by atomic mass is 14.9. The van der Waals surface area contributed by atoms with E-state index in [4.69, 9.17) is 9.97 Å². The zero-order valence-corrected chi connectivity index (χ0v) is 13.3. The third kappa shape index (κ3) is 2.70. The molecule has 3 heteroatoms. The third-order valence-electron chi connectivity index (χ3n) is 4.29. The highest BCUT2D eigenvalue weighted by Gasteiger charge is 2.29. The van der Waals surface area contributed by atoms with Crippen LogP contribution in [0.2, 0.25) is 0 Å². The minimum atomic E-state index is 0.380. The fraction of sp³-hybridized carbons (Fsp3) is 0.444. The van der Waals surface area contributed by atoms with Crippen molar-refractivity contribution in [3.05, 3.63) is 58.2 Å². The molecule has 0 fully saturated rings. The van der Waals surface area contributed by atoms with Crippen molar-refractivity contribution in [3.8, 4) is 0 Å². The van der Waals surface area contributed by atoms with E-state index in [1.54, 1.807) is 0 Å². The summed E-state index contributed by atoms with van der Waals surface area (Å²) in [5.41, 5.74) is 6.28. The van der Waals surface area contributed by atoms with Crippen LogP contribution in [-0.2, 0) is 13.0 Å². The van der Waals surface area contributed by atoms with Gasteiger partial charge in [-0.3, -0.25) is 0 Å². The van der Waals surface area contributed by atoms with Crippen molar-refractivity contribution in [1.82, 2.24) is 15.3 Å². The molecule has 1 aromatic heterocycles. The molecular weight excluding hydrogens is 258 g/mol. The Labute approximate surface area is 126 Å². The molecule has 1 aliphatic carbocycles. The van der Waals surface area contributed by atoms with E-state index in [-0.39, 0.29) is 0 Å². The molecule has 0 amide bonds. The molecule has 1 heterocycles. The highest BCUT2D eigenvalue weighted by molar-refractivity contribution is 5.44. The van der Waals surface area contributed by atoms with E-state index in [0.29, 0.717) is 12.0 Å². The number of nitrogens with one attached hydrogen (secondary N) is 1. The Morgan fingerprint density at radius 2 is 1.81 bits per heavy atom. The predicted molar refractivity (Wildman–Crippen MR) is 85.5 cm³/mol. The average molecular weight is 281 g/mol. The van der Waals surface area contributed by atoms with E-state index < -0.39 is 0 Å². The number of aryl methyl sites for hydroxylation is 2. The minimum absolute atomic E-state index is 0.380. The third-order valence-corrected chi connectivity index (χ3v) is 4.29. The lowest BCUT2D eigenvalue weighted by atomic mass is 9.77. The molecule has 2 aromatic rings. The molecule has 1 aromatic carbocycles. The number of hydrogen-bond acceptors (Lipinski definition) is 3. The zero-order valence-electron chi connectivity index (χ0n) is 13.3. The maximum absolute atomic E-state index is 4.78. The molecule has 1 N–H and O–H groups in total. The van der Waals surface area contributed by atoms with Gasteiger partial charge in [0.1, 0.15) is 5.82 Å². The van der Waals surface area contributed by atoms with Gasteiger partial charge in [0.05, 0.1) is 0 Å². The van der Waals surface area contributed by atoms with Gasteiger partial charge in [-0.15, -0.1) is 0 Å². The van der Waals surface area contributed by atoms with E-state index in [1.807, 2.05) is 0 Å². The quantitative estimate of drug-likeness (QED) is 0.934. The molecule has 0 saturated carbocycles. The summed E-state index contributed by atoms with van der Waals surface area (Å²) in [7, 11) is 0. The topological polar surface area (TPSA) is 37.8 Å². The van der Waals surface area contributed by atoms with Gasteiger partial charge >= 0.3 is 0 Å². The van der Waals surface area contributed by atoms with Crippen molar-refractivity contribution in [2.24, 2.45) is 0 Å². The van der Waals surface area contributed by atoms with Crippen molar-refractivity contribution < 1.29 is 0 Å². The van der Waals surface area contributed by atoms with Crippen LogP contribution in [0.25, 0.3) is 0 Å². The first kappa shape index (κ1) is 14.2. The maximum Gasteiger partial charge on any atom is 0.136 e. The van der Waals surface area contributed by atoms with Crippen LogP contribution < -0.4 is 5.32 Å². The predicted octanol–water partition coefficient (Wildman–Crippen LogP) is 3.28. The molecule has 0 radical (unpaired) electrons. The lowest BCUT2D eigenvalue weighted by Gasteiger charge is -2.29. The monoisotopic (exact) mass is 281 g/mol. The SMILES string of the molecule is Cc1nc(C2Cc3ccccc32)nc(C)c1CNC(C)C. The lowest BCUT2D eigenvalue weighted by molar-refractivity contribution is 0.578. The number of nitrogens with zero attached hydrogens (tertiary/aromatic N) is 2. The molecule has 110 valence electrons. The number of fused-ring (bicyclic) bond motifs is 1. The van der Waals surface area contributed by atoms with Crippen LogP contribution in [0.5, 0.6) is 0 Å². The van der Waals surface area contributed by atoms with Crippen LogP contribution >= 0.6 is 0 Å². The van der Waals surface area contributed by atoms with Crippen molar-refractivity contribution in [3.63, 3.8) is 0 Å². The van der Waals surface area contributed by atoms with Crippen LogP contribution in [-0.4, -0.2) is 16.0 Å². The molecule has 3 rings (SSSR count). The van der Waals surface area contributed by atoms with Gasteiger partial charge in [-0.2, -0.15) is 0 Å². The van der Waals surface area contributed by atoms with Crippen LogP contribution in [0.3, 0.4) is 0 Å². The van der Waals surface area contributed by atoms with E-state index in [9.17, 15) is 0 Å². The molecule has 21 heavy (non-hydrogen) atoms. The second-order valence-corrected chi connectivity index (χ2v) is 6.22. The van der Waals surface area contributed by atoms with Crippen LogP contribution in [0.1, 0.15) is 53.7 Å². The highest BCUT2D eigenvalue weighted by Crippen LogP contribution is 2.38. The Hall–Kier alpha value is -1.74. The van der Waals surface area contributed by atoms with Crippen molar-refractivity contribution in [2.75, 3.05) is 0 Å².